The van der Waals surface area contributed by atoms with E-state index in [1.807, 2.05) is 52.6 Å². The number of nitrogens with one attached hydrogen (secondary N) is 1. The van der Waals surface area contributed by atoms with Crippen LogP contribution < -0.4 is 5.32 Å². The molecule has 9 nitrogen and oxygen atoms in total. The van der Waals surface area contributed by atoms with Crippen LogP contribution in [0.3, 0.4) is 0 Å². The fourth-order valence-electron chi connectivity index (χ4n) is 4.77. The number of aryl methyl sites for hydroxylation is 1. The number of benzene rings is 1. The normalized spacial score (nSPS) is 18.4. The topological polar surface area (TPSA) is 96.8 Å². The monoisotopic (exact) mass is 453 g/mol. The third-order valence-corrected chi connectivity index (χ3v) is 6.62. The van der Waals surface area contributed by atoms with Crippen molar-refractivity contribution < 1.29 is 19.1 Å². The van der Waals surface area contributed by atoms with Crippen molar-refractivity contribution in [2.75, 3.05) is 33.3 Å². The predicted molar refractivity (Wildman–Crippen MR) is 122 cm³/mol. The fraction of sp³-hybridized carbons (Fsp3) is 0.500. The van der Waals surface area contributed by atoms with Crippen molar-refractivity contribution in [2.45, 2.75) is 45.6 Å². The Bertz CT molecular complexity index is 1050. The van der Waals surface area contributed by atoms with Gasteiger partial charge in [-0.1, -0.05) is 0 Å². The number of amides is 3. The minimum absolute atomic E-state index is 0.0158. The fourth-order valence-corrected chi connectivity index (χ4v) is 4.77. The molecule has 0 radical (unpaired) electrons. The molecule has 0 aliphatic carbocycles. The number of carbonyl (C=O) groups excluding carboxylic acids is 3. The van der Waals surface area contributed by atoms with Crippen LogP contribution in [0.2, 0.25) is 0 Å². The van der Waals surface area contributed by atoms with Gasteiger partial charge in [-0.05, 0) is 62.9 Å². The van der Waals surface area contributed by atoms with Crippen molar-refractivity contribution in [1.82, 2.24) is 24.9 Å². The van der Waals surface area contributed by atoms with Gasteiger partial charge in [0.25, 0.3) is 5.91 Å². The molecule has 0 unspecified atom stereocenters. The zero-order chi connectivity index (χ0) is 23.5. The predicted octanol–water partition coefficient (Wildman–Crippen LogP) is 2.22. The van der Waals surface area contributed by atoms with Gasteiger partial charge in [-0.3, -0.25) is 9.59 Å². The summed E-state index contributed by atoms with van der Waals surface area (Å²) >= 11 is 0. The summed E-state index contributed by atoms with van der Waals surface area (Å²) in [6.07, 6.45) is 2.70. The summed E-state index contributed by atoms with van der Waals surface area (Å²) in [5.41, 5.74) is 4.37. The Morgan fingerprint density at radius 1 is 1.18 bits per heavy atom. The first-order valence-electron chi connectivity index (χ1n) is 11.4. The third kappa shape index (κ3) is 4.72. The Morgan fingerprint density at radius 3 is 2.61 bits per heavy atom. The number of aromatic nitrogens is 2. The number of ether oxygens (including phenoxy) is 1. The molecule has 0 saturated carbocycles. The van der Waals surface area contributed by atoms with Crippen molar-refractivity contribution >= 4 is 17.9 Å². The van der Waals surface area contributed by atoms with Gasteiger partial charge in [0.1, 0.15) is 0 Å². The lowest BCUT2D eigenvalue weighted by Gasteiger charge is -2.37. The maximum atomic E-state index is 13.1. The molecule has 4 rings (SSSR count). The van der Waals surface area contributed by atoms with Gasteiger partial charge in [0.05, 0.1) is 24.5 Å². The molecule has 1 atom stereocenters. The zero-order valence-electron chi connectivity index (χ0n) is 19.5. The van der Waals surface area contributed by atoms with E-state index < -0.39 is 0 Å². The second-order valence-electron chi connectivity index (χ2n) is 8.66. The van der Waals surface area contributed by atoms with Crippen LogP contribution in [0.15, 0.2) is 24.3 Å². The number of rotatable bonds is 6. The van der Waals surface area contributed by atoms with Crippen molar-refractivity contribution in [3.63, 3.8) is 0 Å². The lowest BCUT2D eigenvalue weighted by atomic mass is 10.0. The van der Waals surface area contributed by atoms with E-state index in [0.717, 1.165) is 35.5 Å². The van der Waals surface area contributed by atoms with Crippen LogP contribution >= 0.6 is 0 Å². The van der Waals surface area contributed by atoms with E-state index in [2.05, 4.69) is 10.4 Å². The molecule has 1 aromatic heterocycles. The second-order valence-corrected chi connectivity index (χ2v) is 8.66. The maximum Gasteiger partial charge on any atom is 0.317 e. The third-order valence-electron chi connectivity index (χ3n) is 6.62. The van der Waals surface area contributed by atoms with Crippen molar-refractivity contribution in [1.29, 1.82) is 0 Å². The molecule has 33 heavy (non-hydrogen) atoms. The van der Waals surface area contributed by atoms with Crippen LogP contribution in [0.5, 0.6) is 0 Å². The summed E-state index contributed by atoms with van der Waals surface area (Å²) in [4.78, 5) is 40.4. The van der Waals surface area contributed by atoms with E-state index in [1.165, 1.54) is 7.11 Å². The van der Waals surface area contributed by atoms with Gasteiger partial charge in [0.15, 0.2) is 0 Å². The number of methoxy groups -OCH3 is 1. The van der Waals surface area contributed by atoms with Crippen LogP contribution in [0.1, 0.15) is 46.6 Å². The Hall–Kier alpha value is -3.36. The lowest BCUT2D eigenvalue weighted by Crippen LogP contribution is -2.50. The molecular weight excluding hydrogens is 422 g/mol. The standard InChI is InChI=1S/C24H31N5O4/c1-16-21(10-11-22(30)33-3)17(2)29(26-16)19-8-6-18(7-9-19)23(31)27-13-4-5-20(15-27)28-14-12-25-24(28)32/h6-9,20H,4-5,10-15H2,1-3H3,(H,25,32)/t20-/m0/s1. The summed E-state index contributed by atoms with van der Waals surface area (Å²) in [5.74, 6) is -0.257. The molecule has 2 aliphatic rings. The van der Waals surface area contributed by atoms with Gasteiger partial charge < -0.3 is 19.9 Å². The van der Waals surface area contributed by atoms with E-state index in [-0.39, 0.29) is 23.9 Å². The first kappa shape index (κ1) is 22.8. The van der Waals surface area contributed by atoms with E-state index >= 15 is 0 Å². The van der Waals surface area contributed by atoms with Gasteiger partial charge in [0, 0.05) is 43.9 Å². The number of likely N-dealkylation sites (tertiary alicyclic amines) is 1. The quantitative estimate of drug-likeness (QED) is 0.677. The lowest BCUT2D eigenvalue weighted by molar-refractivity contribution is -0.140. The summed E-state index contributed by atoms with van der Waals surface area (Å²) in [5, 5.41) is 7.48. The highest BCUT2D eigenvalue weighted by atomic mass is 16.5. The summed E-state index contributed by atoms with van der Waals surface area (Å²) in [6, 6.07) is 7.48. The van der Waals surface area contributed by atoms with Gasteiger partial charge in [-0.25, -0.2) is 9.48 Å². The molecule has 2 aromatic rings. The van der Waals surface area contributed by atoms with Crippen LogP contribution in [-0.4, -0.2) is 76.8 Å². The van der Waals surface area contributed by atoms with Crippen LogP contribution in [0.4, 0.5) is 4.79 Å². The van der Waals surface area contributed by atoms with Crippen LogP contribution in [-0.2, 0) is 16.0 Å². The van der Waals surface area contributed by atoms with Crippen LogP contribution in [0, 0.1) is 13.8 Å². The Morgan fingerprint density at radius 2 is 1.94 bits per heavy atom. The van der Waals surface area contributed by atoms with Gasteiger partial charge in [-0.15, -0.1) is 0 Å². The van der Waals surface area contributed by atoms with E-state index in [0.29, 0.717) is 44.6 Å². The molecule has 2 aliphatic heterocycles. The largest absolute Gasteiger partial charge is 0.469 e. The molecule has 3 amide bonds. The molecule has 2 saturated heterocycles. The zero-order valence-corrected chi connectivity index (χ0v) is 19.5. The van der Waals surface area contributed by atoms with Gasteiger partial charge in [0.2, 0.25) is 0 Å². The van der Waals surface area contributed by atoms with E-state index in [1.54, 1.807) is 0 Å². The molecule has 0 bridgehead atoms. The number of nitrogens with zero attached hydrogens (tertiary/aromatic N) is 4. The first-order valence-corrected chi connectivity index (χ1v) is 11.4. The van der Waals surface area contributed by atoms with Crippen LogP contribution in [0.25, 0.3) is 5.69 Å². The summed E-state index contributed by atoms with van der Waals surface area (Å²) < 4.78 is 6.59. The minimum Gasteiger partial charge on any atom is -0.469 e. The van der Waals surface area contributed by atoms with E-state index in [9.17, 15) is 14.4 Å². The minimum atomic E-state index is -0.241. The number of hydrogen-bond acceptors (Lipinski definition) is 5. The highest BCUT2D eigenvalue weighted by molar-refractivity contribution is 5.94. The van der Waals surface area contributed by atoms with Gasteiger partial charge in [-0.2, -0.15) is 5.10 Å². The van der Waals surface area contributed by atoms with Crippen molar-refractivity contribution in [3.8, 4) is 5.69 Å². The Labute approximate surface area is 193 Å². The molecular formula is C24H31N5O4. The van der Waals surface area contributed by atoms with Crippen molar-refractivity contribution in [2.24, 2.45) is 0 Å². The number of piperidine rings is 1. The Kier molecular flexibility index (Phi) is 6.67. The summed E-state index contributed by atoms with van der Waals surface area (Å²) in [6.45, 7) is 6.55. The molecule has 176 valence electrons. The number of esters is 1. The van der Waals surface area contributed by atoms with E-state index in [4.69, 9.17) is 4.74 Å². The molecule has 0 spiro atoms. The highest BCUT2D eigenvalue weighted by Crippen LogP contribution is 2.22. The average Bonchev–Trinajstić information content (AvgIpc) is 3.39. The first-order chi connectivity index (χ1) is 15.9. The molecule has 3 heterocycles. The number of carbonyl (C=O) groups is 3. The Balaban J connectivity index is 1.45. The summed E-state index contributed by atoms with van der Waals surface area (Å²) in [7, 11) is 1.39. The maximum absolute atomic E-state index is 13.1. The SMILES string of the molecule is COC(=O)CCc1c(C)nn(-c2ccc(C(=O)N3CCC[C@H](N4CCNC4=O)C3)cc2)c1C. The molecule has 1 N–H and O–H groups in total. The smallest absolute Gasteiger partial charge is 0.317 e. The van der Waals surface area contributed by atoms with Crippen molar-refractivity contribution in [3.05, 3.63) is 46.8 Å². The second kappa shape index (κ2) is 9.64. The molecule has 2 fully saturated rings. The molecule has 9 heteroatoms. The number of urea groups is 1. The molecule has 1 aromatic carbocycles. The highest BCUT2D eigenvalue weighted by Gasteiger charge is 2.33. The average molecular weight is 454 g/mol. The van der Waals surface area contributed by atoms with Gasteiger partial charge >= 0.3 is 12.0 Å². The number of hydrogen-bond donors (Lipinski definition) is 1.